The normalized spacial score (nSPS) is 14.0. The number of halogens is 1. The van der Waals surface area contributed by atoms with Gasteiger partial charge < -0.3 is 4.74 Å². The van der Waals surface area contributed by atoms with Gasteiger partial charge in [0.2, 0.25) is 0 Å². The van der Waals surface area contributed by atoms with Gasteiger partial charge >= 0.3 is 0 Å². The molecular formula is C20H22ClNO. The molecule has 120 valence electrons. The van der Waals surface area contributed by atoms with Crippen LogP contribution < -0.4 is 4.74 Å². The molecule has 0 saturated carbocycles. The van der Waals surface area contributed by atoms with Crippen molar-refractivity contribution in [3.05, 3.63) is 70.3 Å². The molecule has 3 heteroatoms. The maximum absolute atomic E-state index is 5.89. The molecule has 0 atom stereocenters. The highest BCUT2D eigenvalue weighted by Gasteiger charge is 2.10. The van der Waals surface area contributed by atoms with Crippen LogP contribution in [-0.2, 0) is 13.0 Å². The smallest absolute Gasteiger partial charge is 0.122 e. The Balaban J connectivity index is 1.54. The number of fused-ring (bicyclic) bond motifs is 1. The summed E-state index contributed by atoms with van der Waals surface area (Å²) in [7, 11) is 2.13. The lowest BCUT2D eigenvalue weighted by Gasteiger charge is -2.20. The Hall–Kier alpha value is -1.77. The summed E-state index contributed by atoms with van der Waals surface area (Å²) in [5, 5.41) is 0.772. The Morgan fingerprint density at radius 2 is 2.00 bits per heavy atom. The first kappa shape index (κ1) is 16.1. The van der Waals surface area contributed by atoms with E-state index in [0.29, 0.717) is 0 Å². The van der Waals surface area contributed by atoms with Crippen LogP contribution in [-0.4, -0.2) is 25.1 Å². The van der Waals surface area contributed by atoms with Gasteiger partial charge in [0.15, 0.2) is 0 Å². The second kappa shape index (κ2) is 7.67. The molecule has 2 aromatic rings. The van der Waals surface area contributed by atoms with E-state index in [0.717, 1.165) is 43.3 Å². The molecule has 0 spiro atoms. The number of hydrogen-bond donors (Lipinski definition) is 0. The van der Waals surface area contributed by atoms with E-state index in [4.69, 9.17) is 16.3 Å². The van der Waals surface area contributed by atoms with E-state index in [1.54, 1.807) is 0 Å². The molecule has 1 aliphatic rings. The number of benzene rings is 2. The second-order valence-corrected chi connectivity index (χ2v) is 6.48. The van der Waals surface area contributed by atoms with E-state index in [1.165, 1.54) is 16.7 Å². The second-order valence-electron chi connectivity index (χ2n) is 6.04. The van der Waals surface area contributed by atoms with Crippen LogP contribution in [0.2, 0.25) is 5.02 Å². The molecule has 0 fully saturated rings. The summed E-state index contributed by atoms with van der Waals surface area (Å²) in [6, 6.07) is 14.5. The first-order valence-electron chi connectivity index (χ1n) is 8.06. The minimum absolute atomic E-state index is 0.772. The molecule has 23 heavy (non-hydrogen) atoms. The third-order valence-corrected chi connectivity index (χ3v) is 4.28. The molecule has 3 rings (SSSR count). The van der Waals surface area contributed by atoms with E-state index < -0.39 is 0 Å². The number of ether oxygens (including phenoxy) is 1. The molecule has 0 saturated heterocycles. The average molecular weight is 328 g/mol. The van der Waals surface area contributed by atoms with Crippen molar-refractivity contribution in [2.75, 3.05) is 20.2 Å². The van der Waals surface area contributed by atoms with Crippen molar-refractivity contribution in [2.45, 2.75) is 19.4 Å². The van der Waals surface area contributed by atoms with Gasteiger partial charge in [0, 0.05) is 18.1 Å². The molecule has 2 nitrogen and oxygen atoms in total. The van der Waals surface area contributed by atoms with E-state index in [-0.39, 0.29) is 0 Å². The monoisotopic (exact) mass is 327 g/mol. The summed E-state index contributed by atoms with van der Waals surface area (Å²) in [6.07, 6.45) is 6.57. The van der Waals surface area contributed by atoms with Gasteiger partial charge in [0.25, 0.3) is 0 Å². The van der Waals surface area contributed by atoms with Gasteiger partial charge in [-0.05, 0) is 54.8 Å². The summed E-state index contributed by atoms with van der Waals surface area (Å²) >= 11 is 5.89. The Labute approximate surface area is 143 Å². The van der Waals surface area contributed by atoms with Crippen molar-refractivity contribution in [2.24, 2.45) is 0 Å². The molecule has 1 aliphatic heterocycles. The zero-order chi connectivity index (χ0) is 16.1. The van der Waals surface area contributed by atoms with E-state index in [9.17, 15) is 0 Å². The Bertz CT molecular complexity index is 679. The largest absolute Gasteiger partial charge is 0.493 e. The van der Waals surface area contributed by atoms with Crippen molar-refractivity contribution < 1.29 is 4.74 Å². The number of likely N-dealkylation sites (N-methyl/N-ethyl adjacent to an activating group) is 1. The first-order valence-corrected chi connectivity index (χ1v) is 8.44. The zero-order valence-corrected chi connectivity index (χ0v) is 14.2. The zero-order valence-electron chi connectivity index (χ0n) is 13.5. The van der Waals surface area contributed by atoms with E-state index in [2.05, 4.69) is 42.3 Å². The highest BCUT2D eigenvalue weighted by Crippen LogP contribution is 2.26. The Kier molecular flexibility index (Phi) is 5.37. The number of rotatable bonds is 5. The van der Waals surface area contributed by atoms with E-state index >= 15 is 0 Å². The standard InChI is InChI=1S/C20H22ClNO/c1-22(12-2-4-16-7-10-19(21)11-8-16)15-17-6-9-18-5-3-13-23-20(18)14-17/h2,4,6-11,14H,3,5,12-13,15H2,1H3. The van der Waals surface area contributed by atoms with Crippen molar-refractivity contribution in [3.8, 4) is 5.75 Å². The van der Waals surface area contributed by atoms with Crippen molar-refractivity contribution in [1.82, 2.24) is 4.90 Å². The summed E-state index contributed by atoms with van der Waals surface area (Å²) in [5.41, 5.74) is 3.81. The predicted octanol–water partition coefficient (Wildman–Crippen LogP) is 4.81. The van der Waals surface area contributed by atoms with Gasteiger partial charge in [-0.15, -0.1) is 0 Å². The van der Waals surface area contributed by atoms with Gasteiger partial charge in [-0.25, -0.2) is 0 Å². The summed E-state index contributed by atoms with van der Waals surface area (Å²) in [6.45, 7) is 2.66. The predicted molar refractivity (Wildman–Crippen MR) is 97.1 cm³/mol. The van der Waals surface area contributed by atoms with Crippen LogP contribution in [0.4, 0.5) is 0 Å². The molecule has 0 amide bonds. The minimum Gasteiger partial charge on any atom is -0.493 e. The van der Waals surface area contributed by atoms with Crippen LogP contribution in [0.15, 0.2) is 48.5 Å². The van der Waals surface area contributed by atoms with Crippen molar-refractivity contribution in [3.63, 3.8) is 0 Å². The van der Waals surface area contributed by atoms with E-state index in [1.807, 2.05) is 24.3 Å². The number of aryl methyl sites for hydroxylation is 1. The molecule has 0 radical (unpaired) electrons. The minimum atomic E-state index is 0.772. The fourth-order valence-corrected chi connectivity index (χ4v) is 2.93. The summed E-state index contributed by atoms with van der Waals surface area (Å²) in [5.74, 6) is 1.07. The molecule has 0 aliphatic carbocycles. The molecule has 0 unspecified atom stereocenters. The highest BCUT2D eigenvalue weighted by atomic mass is 35.5. The van der Waals surface area contributed by atoms with Crippen LogP contribution >= 0.6 is 11.6 Å². The third kappa shape index (κ3) is 4.60. The Morgan fingerprint density at radius 1 is 1.17 bits per heavy atom. The van der Waals surface area contributed by atoms with Crippen molar-refractivity contribution in [1.29, 1.82) is 0 Å². The topological polar surface area (TPSA) is 12.5 Å². The average Bonchev–Trinajstić information content (AvgIpc) is 2.56. The lowest BCUT2D eigenvalue weighted by atomic mass is 10.0. The molecule has 1 heterocycles. The molecule has 2 aromatic carbocycles. The Morgan fingerprint density at radius 3 is 2.83 bits per heavy atom. The van der Waals surface area contributed by atoms with Crippen LogP contribution in [0.5, 0.6) is 5.75 Å². The fourth-order valence-electron chi connectivity index (χ4n) is 2.80. The van der Waals surface area contributed by atoms with Gasteiger partial charge in [-0.1, -0.05) is 48.0 Å². The lowest BCUT2D eigenvalue weighted by molar-refractivity contribution is 0.287. The van der Waals surface area contributed by atoms with Crippen molar-refractivity contribution >= 4 is 17.7 Å². The van der Waals surface area contributed by atoms with Gasteiger partial charge in [-0.3, -0.25) is 4.90 Å². The van der Waals surface area contributed by atoms with Gasteiger partial charge in [0.05, 0.1) is 6.61 Å². The van der Waals surface area contributed by atoms with Crippen LogP contribution in [0.1, 0.15) is 23.1 Å². The SMILES string of the molecule is CN(CC=Cc1ccc(Cl)cc1)Cc1ccc2c(c1)OCCC2. The fraction of sp³-hybridized carbons (Fsp3) is 0.300. The highest BCUT2D eigenvalue weighted by molar-refractivity contribution is 6.30. The number of nitrogens with zero attached hydrogens (tertiary/aromatic N) is 1. The maximum Gasteiger partial charge on any atom is 0.122 e. The summed E-state index contributed by atoms with van der Waals surface area (Å²) in [4.78, 5) is 2.29. The lowest BCUT2D eigenvalue weighted by Crippen LogP contribution is -2.18. The summed E-state index contributed by atoms with van der Waals surface area (Å²) < 4.78 is 5.75. The van der Waals surface area contributed by atoms with Crippen LogP contribution in [0.3, 0.4) is 0 Å². The first-order chi connectivity index (χ1) is 11.2. The van der Waals surface area contributed by atoms with Crippen LogP contribution in [0.25, 0.3) is 6.08 Å². The van der Waals surface area contributed by atoms with Crippen LogP contribution in [0, 0.1) is 0 Å². The maximum atomic E-state index is 5.89. The molecule has 0 aromatic heterocycles. The molecular weight excluding hydrogens is 306 g/mol. The van der Waals surface area contributed by atoms with Gasteiger partial charge in [0.1, 0.15) is 5.75 Å². The quantitative estimate of drug-likeness (QED) is 0.781. The third-order valence-electron chi connectivity index (χ3n) is 4.03. The number of hydrogen-bond acceptors (Lipinski definition) is 2. The van der Waals surface area contributed by atoms with Gasteiger partial charge in [-0.2, -0.15) is 0 Å². The molecule has 0 N–H and O–H groups in total. The molecule has 0 bridgehead atoms.